The van der Waals surface area contributed by atoms with Crippen LogP contribution in [0.5, 0.6) is 0 Å². The number of Topliss-reactive ketones (excluding diaryl/α,β-unsaturated/α-hetero) is 1. The molecule has 0 fully saturated rings. The summed E-state index contributed by atoms with van der Waals surface area (Å²) in [4.78, 5) is 15.0. The summed E-state index contributed by atoms with van der Waals surface area (Å²) < 4.78 is 4.08. The quantitative estimate of drug-likeness (QED) is 0.809. The molecule has 0 radical (unpaired) electrons. The molecule has 0 aromatic carbocycles. The van der Waals surface area contributed by atoms with E-state index >= 15 is 0 Å². The Bertz CT molecular complexity index is 309. The van der Waals surface area contributed by atoms with E-state index in [1.165, 1.54) is 11.5 Å². The van der Waals surface area contributed by atoms with E-state index < -0.39 is 0 Å². The maximum absolute atomic E-state index is 10.8. The van der Waals surface area contributed by atoms with Crippen molar-refractivity contribution in [2.75, 3.05) is 11.9 Å². The molecule has 0 aliphatic carbocycles. The summed E-state index contributed by atoms with van der Waals surface area (Å²) in [5.41, 5.74) is 0. The van der Waals surface area contributed by atoms with E-state index in [1.54, 1.807) is 6.92 Å². The van der Waals surface area contributed by atoms with Crippen molar-refractivity contribution in [2.24, 2.45) is 5.92 Å². The minimum atomic E-state index is 0.0956. The van der Waals surface area contributed by atoms with Gasteiger partial charge in [0, 0.05) is 18.1 Å². The maximum atomic E-state index is 10.8. The Morgan fingerprint density at radius 2 is 2.29 bits per heavy atom. The second kappa shape index (κ2) is 5.05. The zero-order valence-corrected chi connectivity index (χ0v) is 9.52. The third-order valence-corrected chi connectivity index (χ3v) is 2.25. The van der Waals surface area contributed by atoms with Crippen molar-refractivity contribution < 1.29 is 4.79 Å². The van der Waals surface area contributed by atoms with Gasteiger partial charge in [-0.1, -0.05) is 13.8 Å². The molecule has 0 atom stereocenters. The summed E-state index contributed by atoms with van der Waals surface area (Å²) in [6, 6.07) is 0. The largest absolute Gasteiger partial charge is 0.360 e. The van der Waals surface area contributed by atoms with Gasteiger partial charge >= 0.3 is 0 Å². The molecule has 0 unspecified atom stereocenters. The van der Waals surface area contributed by atoms with Gasteiger partial charge in [0.25, 0.3) is 0 Å². The topological polar surface area (TPSA) is 54.9 Å². The SMILES string of the molecule is CC(=O)Cc1nsc(NCC(C)C)n1. The Hall–Kier alpha value is -0.970. The molecule has 1 aromatic rings. The first kappa shape index (κ1) is 11.1. The van der Waals surface area contributed by atoms with Crippen LogP contribution in [0.15, 0.2) is 0 Å². The highest BCUT2D eigenvalue weighted by molar-refractivity contribution is 7.09. The van der Waals surface area contributed by atoms with E-state index in [0.29, 0.717) is 18.2 Å². The zero-order valence-electron chi connectivity index (χ0n) is 8.70. The minimum Gasteiger partial charge on any atom is -0.360 e. The number of anilines is 1. The summed E-state index contributed by atoms with van der Waals surface area (Å²) in [7, 11) is 0. The average Bonchev–Trinajstić information content (AvgIpc) is 2.47. The standard InChI is InChI=1S/C9H15N3OS/c1-6(2)5-10-9-11-8(12-14-9)4-7(3)13/h6H,4-5H2,1-3H3,(H,10,11,12). The zero-order chi connectivity index (χ0) is 10.6. The van der Waals surface area contributed by atoms with E-state index in [4.69, 9.17) is 0 Å². The van der Waals surface area contributed by atoms with Crippen molar-refractivity contribution in [3.63, 3.8) is 0 Å². The number of aromatic nitrogens is 2. The van der Waals surface area contributed by atoms with Crippen LogP contribution in [0, 0.1) is 5.92 Å². The molecule has 0 aliphatic heterocycles. The molecule has 78 valence electrons. The van der Waals surface area contributed by atoms with Crippen molar-refractivity contribution in [3.05, 3.63) is 5.82 Å². The first-order valence-corrected chi connectivity index (χ1v) is 5.41. The summed E-state index contributed by atoms with van der Waals surface area (Å²) in [5.74, 6) is 1.29. The number of nitrogens with zero attached hydrogens (tertiary/aromatic N) is 2. The molecule has 1 heterocycles. The Balaban J connectivity index is 2.46. The van der Waals surface area contributed by atoms with Crippen LogP contribution >= 0.6 is 11.5 Å². The number of nitrogens with one attached hydrogen (secondary N) is 1. The Kier molecular flexibility index (Phi) is 4.00. The van der Waals surface area contributed by atoms with Crippen LogP contribution in [0.2, 0.25) is 0 Å². The number of hydrogen-bond acceptors (Lipinski definition) is 5. The van der Waals surface area contributed by atoms with Gasteiger partial charge in [-0.25, -0.2) is 4.98 Å². The van der Waals surface area contributed by atoms with Crippen LogP contribution in [0.25, 0.3) is 0 Å². The molecular formula is C9H15N3OS. The van der Waals surface area contributed by atoms with Crippen LogP contribution < -0.4 is 5.32 Å². The van der Waals surface area contributed by atoms with Gasteiger partial charge in [-0.15, -0.1) is 0 Å². The van der Waals surface area contributed by atoms with E-state index in [-0.39, 0.29) is 5.78 Å². The van der Waals surface area contributed by atoms with Gasteiger partial charge in [-0.3, -0.25) is 4.79 Å². The molecule has 14 heavy (non-hydrogen) atoms. The summed E-state index contributed by atoms with van der Waals surface area (Å²) in [5, 5.41) is 3.97. The van der Waals surface area contributed by atoms with Crippen molar-refractivity contribution in [2.45, 2.75) is 27.2 Å². The fourth-order valence-electron chi connectivity index (χ4n) is 0.912. The van der Waals surface area contributed by atoms with Crippen molar-refractivity contribution in [3.8, 4) is 0 Å². The number of rotatable bonds is 5. The summed E-state index contributed by atoms with van der Waals surface area (Å²) in [6.45, 7) is 6.69. The van der Waals surface area contributed by atoms with Crippen LogP contribution in [0.1, 0.15) is 26.6 Å². The van der Waals surface area contributed by atoms with E-state index in [2.05, 4.69) is 28.5 Å². The van der Waals surface area contributed by atoms with Gasteiger partial charge in [-0.05, 0) is 12.8 Å². The fraction of sp³-hybridized carbons (Fsp3) is 0.667. The summed E-state index contributed by atoms with van der Waals surface area (Å²) in [6.07, 6.45) is 0.333. The van der Waals surface area contributed by atoms with Gasteiger partial charge in [0.05, 0.1) is 6.42 Å². The van der Waals surface area contributed by atoms with Crippen molar-refractivity contribution in [1.29, 1.82) is 0 Å². The fourth-order valence-corrected chi connectivity index (χ4v) is 1.50. The maximum Gasteiger partial charge on any atom is 0.202 e. The van der Waals surface area contributed by atoms with Crippen LogP contribution in [0.4, 0.5) is 5.13 Å². The highest BCUT2D eigenvalue weighted by atomic mass is 32.1. The van der Waals surface area contributed by atoms with Crippen molar-refractivity contribution in [1.82, 2.24) is 9.36 Å². The van der Waals surface area contributed by atoms with E-state index in [0.717, 1.165) is 11.7 Å². The van der Waals surface area contributed by atoms with Gasteiger partial charge in [0.1, 0.15) is 5.78 Å². The van der Waals surface area contributed by atoms with Gasteiger partial charge in [0.15, 0.2) is 5.82 Å². The summed E-state index contributed by atoms with van der Waals surface area (Å²) >= 11 is 1.31. The molecule has 4 nitrogen and oxygen atoms in total. The molecule has 5 heteroatoms. The smallest absolute Gasteiger partial charge is 0.202 e. The first-order valence-electron chi connectivity index (χ1n) is 4.64. The first-order chi connectivity index (χ1) is 6.58. The molecule has 0 bridgehead atoms. The lowest BCUT2D eigenvalue weighted by Crippen LogP contribution is -2.07. The lowest BCUT2D eigenvalue weighted by atomic mass is 10.2. The normalized spacial score (nSPS) is 10.6. The van der Waals surface area contributed by atoms with Crippen LogP contribution in [0.3, 0.4) is 0 Å². The predicted octanol–water partition coefficient (Wildman–Crippen LogP) is 1.74. The second-order valence-electron chi connectivity index (χ2n) is 3.67. The predicted molar refractivity (Wildman–Crippen MR) is 57.6 cm³/mol. The van der Waals surface area contributed by atoms with E-state index in [1.807, 2.05) is 0 Å². The van der Waals surface area contributed by atoms with Gasteiger partial charge < -0.3 is 5.32 Å². The molecule has 1 rings (SSSR count). The monoisotopic (exact) mass is 213 g/mol. The highest BCUT2D eigenvalue weighted by Gasteiger charge is 2.05. The number of hydrogen-bond donors (Lipinski definition) is 1. The number of ketones is 1. The lowest BCUT2D eigenvalue weighted by Gasteiger charge is -2.03. The third-order valence-electron chi connectivity index (χ3n) is 1.54. The van der Waals surface area contributed by atoms with Crippen LogP contribution in [-0.4, -0.2) is 21.7 Å². The molecule has 0 aliphatic rings. The molecule has 0 spiro atoms. The molecule has 0 amide bonds. The van der Waals surface area contributed by atoms with Crippen molar-refractivity contribution >= 4 is 22.4 Å². The average molecular weight is 213 g/mol. The third kappa shape index (κ3) is 3.83. The Morgan fingerprint density at radius 1 is 1.57 bits per heavy atom. The molecular weight excluding hydrogens is 198 g/mol. The number of carbonyl (C=O) groups excluding carboxylic acids is 1. The molecule has 1 N–H and O–H groups in total. The molecule has 0 saturated carbocycles. The Morgan fingerprint density at radius 3 is 2.86 bits per heavy atom. The molecule has 1 aromatic heterocycles. The van der Waals surface area contributed by atoms with Crippen LogP contribution in [-0.2, 0) is 11.2 Å². The second-order valence-corrected chi connectivity index (χ2v) is 4.42. The van der Waals surface area contributed by atoms with Gasteiger partial charge in [-0.2, -0.15) is 4.37 Å². The number of carbonyl (C=O) groups is 1. The molecule has 0 saturated heterocycles. The Labute approximate surface area is 87.9 Å². The highest BCUT2D eigenvalue weighted by Crippen LogP contribution is 2.11. The van der Waals surface area contributed by atoms with E-state index in [9.17, 15) is 4.79 Å². The van der Waals surface area contributed by atoms with Gasteiger partial charge in [0.2, 0.25) is 5.13 Å². The minimum absolute atomic E-state index is 0.0956. The lowest BCUT2D eigenvalue weighted by molar-refractivity contribution is -0.116.